The Morgan fingerprint density at radius 1 is 1.19 bits per heavy atom. The molecule has 0 saturated heterocycles. The van der Waals surface area contributed by atoms with E-state index in [2.05, 4.69) is 49.7 Å². The Kier molecular flexibility index (Phi) is 4.51. The van der Waals surface area contributed by atoms with Gasteiger partial charge in [-0.3, -0.25) is 0 Å². The summed E-state index contributed by atoms with van der Waals surface area (Å²) in [4.78, 5) is 0. The highest BCUT2D eigenvalue weighted by Gasteiger charge is 2.36. The number of fused-ring (bicyclic) bond motifs is 1. The van der Waals surface area contributed by atoms with Gasteiger partial charge >= 0.3 is 0 Å². The van der Waals surface area contributed by atoms with E-state index in [1.54, 1.807) is 0 Å². The molecule has 2 aliphatic rings. The van der Waals surface area contributed by atoms with Gasteiger partial charge in [-0.05, 0) is 39.0 Å². The Hall–Kier alpha value is -0.670. The molecule has 0 radical (unpaired) electrons. The first kappa shape index (κ1) is 15.2. The minimum Gasteiger partial charge on any atom is -0.487 e. The van der Waals surface area contributed by atoms with Crippen LogP contribution in [0, 0.1) is 0 Å². The van der Waals surface area contributed by atoms with Gasteiger partial charge in [0.05, 0.1) is 0 Å². The molecule has 1 aliphatic carbocycles. The summed E-state index contributed by atoms with van der Waals surface area (Å²) in [7, 11) is 0. The van der Waals surface area contributed by atoms with Gasteiger partial charge < -0.3 is 10.1 Å². The predicted octanol–water partition coefficient (Wildman–Crippen LogP) is 4.55. The molecule has 3 heteroatoms. The lowest BCUT2D eigenvalue weighted by atomic mass is 9.87. The van der Waals surface area contributed by atoms with E-state index in [-0.39, 0.29) is 5.60 Å². The summed E-state index contributed by atoms with van der Waals surface area (Å²) in [6, 6.07) is 9.59. The maximum Gasteiger partial charge on any atom is 0.124 e. The van der Waals surface area contributed by atoms with Crippen molar-refractivity contribution in [1.82, 2.24) is 5.32 Å². The van der Waals surface area contributed by atoms with Crippen LogP contribution >= 0.6 is 11.8 Å². The van der Waals surface area contributed by atoms with Crippen molar-refractivity contribution in [3.63, 3.8) is 0 Å². The Morgan fingerprint density at radius 2 is 1.95 bits per heavy atom. The summed E-state index contributed by atoms with van der Waals surface area (Å²) in [5.41, 5.74) is 1.25. The molecule has 3 rings (SSSR count). The third-order valence-corrected chi connectivity index (χ3v) is 5.97. The summed E-state index contributed by atoms with van der Waals surface area (Å²) >= 11 is 2.03. The number of hydrogen-bond donors (Lipinski definition) is 1. The van der Waals surface area contributed by atoms with Crippen LogP contribution in [0.15, 0.2) is 24.3 Å². The van der Waals surface area contributed by atoms with E-state index >= 15 is 0 Å². The monoisotopic (exact) mass is 305 g/mol. The molecule has 1 fully saturated rings. The largest absolute Gasteiger partial charge is 0.487 e. The lowest BCUT2D eigenvalue weighted by molar-refractivity contribution is 0.0626. The molecule has 2 nitrogen and oxygen atoms in total. The van der Waals surface area contributed by atoms with Crippen LogP contribution in [0.1, 0.15) is 57.6 Å². The van der Waals surface area contributed by atoms with E-state index in [1.807, 2.05) is 11.8 Å². The number of hydrogen-bond acceptors (Lipinski definition) is 3. The van der Waals surface area contributed by atoms with Gasteiger partial charge in [0.2, 0.25) is 0 Å². The van der Waals surface area contributed by atoms with Crippen molar-refractivity contribution in [2.75, 3.05) is 6.26 Å². The van der Waals surface area contributed by atoms with E-state index in [9.17, 15) is 0 Å². The third-order valence-electron chi connectivity index (χ3n) is 4.80. The minimum absolute atomic E-state index is 0.0878. The van der Waals surface area contributed by atoms with Gasteiger partial charge in [0.1, 0.15) is 11.4 Å². The van der Waals surface area contributed by atoms with Crippen molar-refractivity contribution < 1.29 is 4.74 Å². The maximum atomic E-state index is 6.15. The van der Waals surface area contributed by atoms with Crippen LogP contribution in [0.4, 0.5) is 0 Å². The van der Waals surface area contributed by atoms with Crippen LogP contribution in [-0.2, 0) is 0 Å². The number of para-hydroxylation sites is 1. The zero-order valence-electron chi connectivity index (χ0n) is 13.4. The number of ether oxygens (including phenoxy) is 1. The van der Waals surface area contributed by atoms with Crippen molar-refractivity contribution in [1.29, 1.82) is 0 Å². The molecule has 0 amide bonds. The summed E-state index contributed by atoms with van der Waals surface area (Å²) in [6.07, 6.45) is 8.72. The minimum atomic E-state index is -0.0878. The number of benzene rings is 1. The summed E-state index contributed by atoms with van der Waals surface area (Å²) in [5, 5.41) is 4.73. The molecule has 0 bridgehead atoms. The second kappa shape index (κ2) is 6.21. The van der Waals surface area contributed by atoms with Crippen LogP contribution < -0.4 is 10.1 Å². The van der Waals surface area contributed by atoms with Crippen LogP contribution in [0.5, 0.6) is 5.75 Å². The topological polar surface area (TPSA) is 21.3 Å². The van der Waals surface area contributed by atoms with Crippen LogP contribution in [0.3, 0.4) is 0 Å². The first-order valence-electron chi connectivity index (χ1n) is 8.16. The highest BCUT2D eigenvalue weighted by atomic mass is 32.2. The zero-order chi connectivity index (χ0) is 14.9. The molecule has 1 aliphatic heterocycles. The van der Waals surface area contributed by atoms with Crippen molar-refractivity contribution >= 4 is 11.8 Å². The maximum absolute atomic E-state index is 6.15. The molecule has 21 heavy (non-hydrogen) atoms. The smallest absolute Gasteiger partial charge is 0.124 e. The second-order valence-corrected chi connectivity index (χ2v) is 8.06. The number of rotatable bonds is 3. The quantitative estimate of drug-likeness (QED) is 0.885. The molecule has 3 atom stereocenters. The molecule has 0 spiro atoms. The summed E-state index contributed by atoms with van der Waals surface area (Å²) in [6.45, 7) is 4.40. The fourth-order valence-electron chi connectivity index (χ4n) is 3.78. The summed E-state index contributed by atoms with van der Waals surface area (Å²) < 4.78 is 6.15. The van der Waals surface area contributed by atoms with Gasteiger partial charge in [0.15, 0.2) is 0 Å². The normalized spacial score (nSPS) is 31.3. The fourth-order valence-corrected chi connectivity index (χ4v) is 4.72. The summed E-state index contributed by atoms with van der Waals surface area (Å²) in [5.74, 6) is 1.06. The Balaban J connectivity index is 1.81. The average Bonchev–Trinajstić information content (AvgIpc) is 2.46. The first-order valence-corrected chi connectivity index (χ1v) is 9.45. The predicted molar refractivity (Wildman–Crippen MR) is 91.2 cm³/mol. The average molecular weight is 305 g/mol. The fraction of sp³-hybridized carbons (Fsp3) is 0.667. The molecule has 1 saturated carbocycles. The van der Waals surface area contributed by atoms with E-state index < -0.39 is 0 Å². The Morgan fingerprint density at radius 3 is 2.76 bits per heavy atom. The van der Waals surface area contributed by atoms with Gasteiger partial charge in [-0.1, -0.05) is 31.0 Å². The van der Waals surface area contributed by atoms with Gasteiger partial charge in [-0.25, -0.2) is 0 Å². The van der Waals surface area contributed by atoms with Gasteiger partial charge in [0.25, 0.3) is 0 Å². The van der Waals surface area contributed by atoms with E-state index in [1.165, 1.54) is 31.2 Å². The molecule has 1 N–H and O–H groups in total. The highest BCUT2D eigenvalue weighted by molar-refractivity contribution is 7.99. The van der Waals surface area contributed by atoms with E-state index in [0.29, 0.717) is 12.1 Å². The standard InChI is InChI=1S/C18H27NOS/c1-18(2)12-15(13-8-4-6-10-16(13)20-18)19-14-9-5-7-11-17(14)21-3/h4,6,8,10,14-15,17,19H,5,7,9,11-12H2,1-3H3. The molecular weight excluding hydrogens is 278 g/mol. The van der Waals surface area contributed by atoms with Crippen molar-refractivity contribution in [3.05, 3.63) is 29.8 Å². The van der Waals surface area contributed by atoms with Crippen LogP contribution in [-0.4, -0.2) is 23.1 Å². The van der Waals surface area contributed by atoms with Crippen LogP contribution in [0.25, 0.3) is 0 Å². The van der Waals surface area contributed by atoms with Crippen molar-refractivity contribution in [2.24, 2.45) is 0 Å². The van der Waals surface area contributed by atoms with E-state index in [0.717, 1.165) is 17.4 Å². The molecule has 1 aromatic rings. The molecule has 1 aromatic carbocycles. The first-order chi connectivity index (χ1) is 10.1. The SMILES string of the molecule is CSC1CCCCC1NC1CC(C)(C)Oc2ccccc21. The molecular formula is C18H27NOS. The molecule has 0 aromatic heterocycles. The van der Waals surface area contributed by atoms with Gasteiger partial charge in [-0.15, -0.1) is 0 Å². The van der Waals surface area contributed by atoms with E-state index in [4.69, 9.17) is 4.74 Å². The van der Waals surface area contributed by atoms with Gasteiger partial charge in [0, 0.05) is 29.3 Å². The Labute approximate surface area is 133 Å². The zero-order valence-corrected chi connectivity index (χ0v) is 14.2. The lowest BCUT2D eigenvalue weighted by Gasteiger charge is -2.41. The lowest BCUT2D eigenvalue weighted by Crippen LogP contribution is -2.46. The highest BCUT2D eigenvalue weighted by Crippen LogP contribution is 2.40. The number of nitrogens with one attached hydrogen (secondary N) is 1. The van der Waals surface area contributed by atoms with Crippen molar-refractivity contribution in [3.8, 4) is 5.75 Å². The van der Waals surface area contributed by atoms with Crippen LogP contribution in [0.2, 0.25) is 0 Å². The van der Waals surface area contributed by atoms with Crippen molar-refractivity contribution in [2.45, 2.75) is 68.9 Å². The second-order valence-electron chi connectivity index (χ2n) is 6.99. The van der Waals surface area contributed by atoms with Gasteiger partial charge in [-0.2, -0.15) is 11.8 Å². The molecule has 116 valence electrons. The Bertz CT molecular complexity index is 488. The number of thioether (sulfide) groups is 1. The molecule has 1 heterocycles. The molecule has 3 unspecified atom stereocenters. The third kappa shape index (κ3) is 3.40.